The van der Waals surface area contributed by atoms with Crippen molar-refractivity contribution in [2.45, 2.75) is 13.3 Å². The maximum Gasteiger partial charge on any atom is 0.225 e. The summed E-state index contributed by atoms with van der Waals surface area (Å²) < 4.78 is 26.0. The molecule has 1 aromatic rings. The molecule has 23 heavy (non-hydrogen) atoms. The van der Waals surface area contributed by atoms with Crippen molar-refractivity contribution in [3.05, 3.63) is 28.8 Å². The zero-order valence-corrected chi connectivity index (χ0v) is 15.0. The predicted molar refractivity (Wildman–Crippen MR) is 92.3 cm³/mol. The van der Waals surface area contributed by atoms with Crippen molar-refractivity contribution in [3.63, 3.8) is 0 Å². The second kappa shape index (κ2) is 7.61. The number of rotatable bonds is 5. The fourth-order valence-electron chi connectivity index (χ4n) is 2.31. The van der Waals surface area contributed by atoms with Crippen LogP contribution in [0.15, 0.2) is 18.2 Å². The number of hydrogen-bond acceptors (Lipinski definition) is 4. The van der Waals surface area contributed by atoms with Gasteiger partial charge in [0.25, 0.3) is 0 Å². The van der Waals surface area contributed by atoms with Crippen molar-refractivity contribution >= 4 is 33.2 Å². The molecule has 6 nitrogen and oxygen atoms in total. The van der Waals surface area contributed by atoms with Gasteiger partial charge in [0.1, 0.15) is 0 Å². The van der Waals surface area contributed by atoms with Gasteiger partial charge >= 0.3 is 0 Å². The number of piperazine rings is 1. The van der Waals surface area contributed by atoms with Crippen molar-refractivity contribution < 1.29 is 13.2 Å². The van der Waals surface area contributed by atoms with Crippen LogP contribution in [-0.2, 0) is 14.8 Å². The zero-order chi connectivity index (χ0) is 17.0. The van der Waals surface area contributed by atoms with E-state index >= 15 is 0 Å². The normalized spacial score (nSPS) is 17.2. The number of hydrogen-bond donors (Lipinski definition) is 1. The molecular formula is C15H22ClN3O3S. The lowest BCUT2D eigenvalue weighted by Crippen LogP contribution is -2.47. The first-order chi connectivity index (χ1) is 10.8. The van der Waals surface area contributed by atoms with Crippen LogP contribution in [0.5, 0.6) is 0 Å². The summed E-state index contributed by atoms with van der Waals surface area (Å²) in [6.07, 6.45) is -0.0693. The molecule has 8 heteroatoms. The quantitative estimate of drug-likeness (QED) is 0.866. The Balaban J connectivity index is 1.86. The molecule has 1 aromatic carbocycles. The number of sulfonamides is 1. The average Bonchev–Trinajstić information content (AvgIpc) is 2.50. The van der Waals surface area contributed by atoms with Crippen LogP contribution < -0.4 is 5.32 Å². The average molecular weight is 360 g/mol. The Hall–Kier alpha value is -1.15. The van der Waals surface area contributed by atoms with E-state index in [1.807, 2.05) is 14.0 Å². The highest BCUT2D eigenvalue weighted by atomic mass is 35.5. The number of nitrogens with one attached hydrogen (secondary N) is 1. The first kappa shape index (κ1) is 18.2. The fourth-order valence-corrected chi connectivity index (χ4v) is 3.91. The maximum atomic E-state index is 12.3. The van der Waals surface area contributed by atoms with Crippen molar-refractivity contribution in [2.75, 3.05) is 44.3 Å². The molecule has 0 aromatic heterocycles. The number of carbonyl (C=O) groups is 1. The van der Waals surface area contributed by atoms with Gasteiger partial charge in [-0.25, -0.2) is 8.42 Å². The molecule has 1 heterocycles. The van der Waals surface area contributed by atoms with Crippen LogP contribution in [0.1, 0.15) is 12.0 Å². The van der Waals surface area contributed by atoms with Crippen LogP contribution >= 0.6 is 11.6 Å². The molecule has 1 amide bonds. The minimum absolute atomic E-state index is 0.0693. The summed E-state index contributed by atoms with van der Waals surface area (Å²) in [7, 11) is -1.43. The van der Waals surface area contributed by atoms with Crippen LogP contribution in [0, 0.1) is 6.92 Å². The molecule has 0 aliphatic carbocycles. The smallest absolute Gasteiger partial charge is 0.225 e. The summed E-state index contributed by atoms with van der Waals surface area (Å²) in [5.74, 6) is -0.509. The van der Waals surface area contributed by atoms with Gasteiger partial charge in [0.15, 0.2) is 0 Å². The van der Waals surface area contributed by atoms with E-state index in [1.165, 1.54) is 4.31 Å². The predicted octanol–water partition coefficient (Wildman–Crippen LogP) is 1.55. The van der Waals surface area contributed by atoms with E-state index in [1.54, 1.807) is 18.2 Å². The number of aryl methyl sites for hydroxylation is 1. The maximum absolute atomic E-state index is 12.3. The van der Waals surface area contributed by atoms with E-state index in [4.69, 9.17) is 11.6 Å². The Bertz CT molecular complexity index is 671. The van der Waals surface area contributed by atoms with E-state index < -0.39 is 10.0 Å². The number of benzene rings is 1. The summed E-state index contributed by atoms with van der Waals surface area (Å²) in [4.78, 5) is 14.0. The number of amides is 1. The fraction of sp³-hybridized carbons (Fsp3) is 0.533. The molecule has 2 rings (SSSR count). The van der Waals surface area contributed by atoms with Gasteiger partial charge in [0.05, 0.1) is 5.75 Å². The Morgan fingerprint density at radius 1 is 1.26 bits per heavy atom. The van der Waals surface area contributed by atoms with Gasteiger partial charge < -0.3 is 10.2 Å². The molecule has 1 N–H and O–H groups in total. The highest BCUT2D eigenvalue weighted by Gasteiger charge is 2.26. The van der Waals surface area contributed by atoms with E-state index in [0.717, 1.165) is 5.56 Å². The number of nitrogens with zero attached hydrogens (tertiary/aromatic N) is 2. The minimum atomic E-state index is -3.39. The Kier molecular flexibility index (Phi) is 6.02. The van der Waals surface area contributed by atoms with Crippen molar-refractivity contribution in [1.29, 1.82) is 0 Å². The van der Waals surface area contributed by atoms with Crippen LogP contribution in [-0.4, -0.2) is 62.5 Å². The lowest BCUT2D eigenvalue weighted by molar-refractivity contribution is -0.115. The molecule has 0 spiro atoms. The third-order valence-corrected chi connectivity index (χ3v) is 6.18. The molecule has 1 aliphatic heterocycles. The van der Waals surface area contributed by atoms with Gasteiger partial charge in [-0.3, -0.25) is 4.79 Å². The van der Waals surface area contributed by atoms with Crippen LogP contribution in [0.2, 0.25) is 5.02 Å². The van der Waals surface area contributed by atoms with Crippen molar-refractivity contribution in [3.8, 4) is 0 Å². The van der Waals surface area contributed by atoms with Crippen molar-refractivity contribution in [2.24, 2.45) is 0 Å². The van der Waals surface area contributed by atoms with Gasteiger partial charge in [0.2, 0.25) is 15.9 Å². The highest BCUT2D eigenvalue weighted by Crippen LogP contribution is 2.20. The Labute approximate surface area is 142 Å². The number of halogens is 1. The summed E-state index contributed by atoms with van der Waals surface area (Å²) in [6.45, 7) is 4.26. The van der Waals surface area contributed by atoms with Crippen LogP contribution in [0.3, 0.4) is 0 Å². The summed E-state index contributed by atoms with van der Waals surface area (Å²) >= 11 is 6.00. The summed E-state index contributed by atoms with van der Waals surface area (Å²) in [5, 5.41) is 3.24. The van der Waals surface area contributed by atoms with Crippen LogP contribution in [0.4, 0.5) is 5.69 Å². The lowest BCUT2D eigenvalue weighted by atomic mass is 10.2. The molecule has 0 saturated carbocycles. The molecular weight excluding hydrogens is 338 g/mol. The molecule has 1 aliphatic rings. The highest BCUT2D eigenvalue weighted by molar-refractivity contribution is 7.89. The lowest BCUT2D eigenvalue weighted by Gasteiger charge is -2.31. The molecule has 0 bridgehead atoms. The third-order valence-electron chi connectivity index (χ3n) is 3.90. The monoisotopic (exact) mass is 359 g/mol. The summed E-state index contributed by atoms with van der Waals surface area (Å²) in [6, 6.07) is 5.21. The van der Waals surface area contributed by atoms with E-state index in [2.05, 4.69) is 10.2 Å². The van der Waals surface area contributed by atoms with E-state index in [-0.39, 0.29) is 18.1 Å². The van der Waals surface area contributed by atoms with Gasteiger partial charge in [-0.15, -0.1) is 0 Å². The second-order valence-corrected chi connectivity index (χ2v) is 8.28. The molecule has 1 fully saturated rings. The van der Waals surface area contributed by atoms with Crippen LogP contribution in [0.25, 0.3) is 0 Å². The van der Waals surface area contributed by atoms with Gasteiger partial charge in [0, 0.05) is 43.3 Å². The number of anilines is 1. The molecule has 1 saturated heterocycles. The standard InChI is InChI=1S/C15H22ClN3O3S/c1-12-3-4-13(11-14(12)16)17-15(20)5-10-23(21,22)19-8-6-18(2)7-9-19/h3-4,11H,5-10H2,1-2H3,(H,17,20). The topological polar surface area (TPSA) is 69.7 Å². The van der Waals surface area contributed by atoms with Crippen molar-refractivity contribution in [1.82, 2.24) is 9.21 Å². The number of carbonyl (C=O) groups excluding carboxylic acids is 1. The zero-order valence-electron chi connectivity index (χ0n) is 13.4. The third kappa shape index (κ3) is 5.17. The van der Waals surface area contributed by atoms with E-state index in [9.17, 15) is 13.2 Å². The number of likely N-dealkylation sites (N-methyl/N-ethyl adjacent to an activating group) is 1. The molecule has 0 radical (unpaired) electrons. The molecule has 0 unspecified atom stereocenters. The Morgan fingerprint density at radius 2 is 1.91 bits per heavy atom. The molecule has 128 valence electrons. The first-order valence-electron chi connectivity index (χ1n) is 7.50. The van der Waals surface area contributed by atoms with E-state index in [0.29, 0.717) is 36.9 Å². The second-order valence-electron chi connectivity index (χ2n) is 5.78. The first-order valence-corrected chi connectivity index (χ1v) is 9.49. The Morgan fingerprint density at radius 3 is 2.52 bits per heavy atom. The SMILES string of the molecule is Cc1ccc(NC(=O)CCS(=O)(=O)N2CCN(C)CC2)cc1Cl. The molecule has 0 atom stereocenters. The largest absolute Gasteiger partial charge is 0.326 e. The van der Waals surface area contributed by atoms with Gasteiger partial charge in [-0.1, -0.05) is 17.7 Å². The van der Waals surface area contributed by atoms with Gasteiger partial charge in [-0.05, 0) is 31.7 Å². The minimum Gasteiger partial charge on any atom is -0.326 e. The van der Waals surface area contributed by atoms with Gasteiger partial charge in [-0.2, -0.15) is 4.31 Å². The summed E-state index contributed by atoms with van der Waals surface area (Å²) in [5.41, 5.74) is 1.49.